The predicted octanol–water partition coefficient (Wildman–Crippen LogP) is 7.69. The average Bonchev–Trinajstić information content (AvgIpc) is 2.59. The summed E-state index contributed by atoms with van der Waals surface area (Å²) in [6, 6.07) is 0. The molecule has 0 bridgehead atoms. The molecule has 0 fully saturated rings. The van der Waals surface area contributed by atoms with E-state index in [-0.39, 0.29) is 0 Å². The molecular weight excluding hydrogens is 408 g/mol. The summed E-state index contributed by atoms with van der Waals surface area (Å²) < 4.78 is 68.9. The maximum absolute atomic E-state index is 13.2. The van der Waals surface area contributed by atoms with E-state index in [2.05, 4.69) is 20.8 Å². The second kappa shape index (κ2) is 12.7. The van der Waals surface area contributed by atoms with Crippen LogP contribution in [0.25, 0.3) is 0 Å². The molecule has 0 saturated heterocycles. The van der Waals surface area contributed by atoms with E-state index in [1.54, 1.807) is 6.66 Å². The molecule has 0 aliphatic carbocycles. The van der Waals surface area contributed by atoms with Crippen molar-refractivity contribution >= 4 is 16.9 Å². The SMILES string of the molecule is CCCCCCP(C)(CCCCCC)(CCCCCC)OS(=O)(=O)C(F)(F)F. The van der Waals surface area contributed by atoms with Crippen LogP contribution in [0, 0.1) is 0 Å². The molecule has 8 heteroatoms. The van der Waals surface area contributed by atoms with Crippen molar-refractivity contribution in [3.63, 3.8) is 0 Å². The molecule has 0 aromatic carbocycles. The maximum atomic E-state index is 13.2. The second-order valence-electron chi connectivity index (χ2n) is 8.52. The standard InChI is InChI=1S/C20H42F3O3PS/c1-5-8-11-14-17-27(4,18-15-12-9-6-2,19-16-13-10-7-3)26-28(24,25)20(21,22)23/h5-19H2,1-4H3. The number of hydrogen-bond donors (Lipinski definition) is 0. The molecule has 0 spiro atoms. The molecule has 28 heavy (non-hydrogen) atoms. The Morgan fingerprint density at radius 3 is 1.25 bits per heavy atom. The fourth-order valence-corrected chi connectivity index (χ4v) is 11.5. The summed E-state index contributed by atoms with van der Waals surface area (Å²) in [4.78, 5) is 0. The molecule has 0 aromatic heterocycles. The van der Waals surface area contributed by atoms with Gasteiger partial charge >= 0.3 is 171 Å². The Bertz CT molecular complexity index is 487. The first-order valence-electron chi connectivity index (χ1n) is 11.0. The molecule has 0 atom stereocenters. The van der Waals surface area contributed by atoms with E-state index in [0.717, 1.165) is 77.0 Å². The van der Waals surface area contributed by atoms with Gasteiger partial charge in [-0.1, -0.05) is 0 Å². The van der Waals surface area contributed by atoms with Gasteiger partial charge in [-0.2, -0.15) is 0 Å². The van der Waals surface area contributed by atoms with Crippen LogP contribution in [-0.2, 0) is 14.1 Å². The summed E-state index contributed by atoms with van der Waals surface area (Å²) in [7, 11) is -5.58. The molecule has 0 radical (unpaired) electrons. The van der Waals surface area contributed by atoms with Crippen LogP contribution in [-0.4, -0.2) is 39.1 Å². The van der Waals surface area contributed by atoms with Gasteiger partial charge in [0.2, 0.25) is 0 Å². The number of alkyl halides is 3. The molecule has 0 unspecified atom stereocenters. The summed E-state index contributed by atoms with van der Waals surface area (Å²) in [6.07, 6.45) is 12.4. The minimum atomic E-state index is -5.58. The number of rotatable bonds is 17. The summed E-state index contributed by atoms with van der Waals surface area (Å²) in [6.45, 7) is 4.49. The molecule has 0 heterocycles. The first-order valence-corrected chi connectivity index (χ1v) is 15.5. The summed E-state index contributed by atoms with van der Waals surface area (Å²) >= 11 is 0. The van der Waals surface area contributed by atoms with E-state index in [1.165, 1.54) is 0 Å². The van der Waals surface area contributed by atoms with Crippen LogP contribution < -0.4 is 0 Å². The van der Waals surface area contributed by atoms with E-state index in [1.807, 2.05) is 0 Å². The third-order valence-corrected chi connectivity index (χ3v) is 13.5. The number of unbranched alkanes of at least 4 members (excludes halogenated alkanes) is 9. The zero-order valence-corrected chi connectivity index (χ0v) is 20.0. The fraction of sp³-hybridized carbons (Fsp3) is 1.00. The third-order valence-electron chi connectivity index (χ3n) is 5.54. The van der Waals surface area contributed by atoms with Gasteiger partial charge in [-0.05, 0) is 0 Å². The van der Waals surface area contributed by atoms with Crippen LogP contribution in [0.3, 0.4) is 0 Å². The normalized spacial score (nSPS) is 14.8. The van der Waals surface area contributed by atoms with Gasteiger partial charge in [0.25, 0.3) is 0 Å². The monoisotopic (exact) mass is 450 g/mol. The fourth-order valence-electron chi connectivity index (χ4n) is 3.75. The molecule has 0 rings (SSSR count). The molecule has 0 aliphatic rings. The molecule has 172 valence electrons. The van der Waals surface area contributed by atoms with Crippen LogP contribution >= 0.6 is 6.83 Å². The zero-order valence-electron chi connectivity index (χ0n) is 18.3. The van der Waals surface area contributed by atoms with Crippen molar-refractivity contribution in [3.05, 3.63) is 0 Å². The van der Waals surface area contributed by atoms with E-state index in [9.17, 15) is 21.6 Å². The van der Waals surface area contributed by atoms with Gasteiger partial charge in [0, 0.05) is 0 Å². The van der Waals surface area contributed by atoms with Crippen LogP contribution in [0.1, 0.15) is 97.8 Å². The molecule has 0 aliphatic heterocycles. The second-order valence-corrected chi connectivity index (χ2v) is 16.2. The Labute approximate surface area is 171 Å². The summed E-state index contributed by atoms with van der Waals surface area (Å²) in [5, 5.41) is 0. The Hall–Kier alpha value is 0.130. The average molecular weight is 451 g/mol. The van der Waals surface area contributed by atoms with E-state index in [0.29, 0.717) is 18.5 Å². The van der Waals surface area contributed by atoms with Crippen molar-refractivity contribution in [1.29, 1.82) is 0 Å². The van der Waals surface area contributed by atoms with E-state index >= 15 is 0 Å². The van der Waals surface area contributed by atoms with Gasteiger partial charge in [-0.3, -0.25) is 0 Å². The first-order chi connectivity index (χ1) is 12.9. The Kier molecular flexibility index (Phi) is 12.8. The Morgan fingerprint density at radius 1 is 0.679 bits per heavy atom. The van der Waals surface area contributed by atoms with Crippen LogP contribution in [0.5, 0.6) is 0 Å². The van der Waals surface area contributed by atoms with Gasteiger partial charge in [0.15, 0.2) is 0 Å². The van der Waals surface area contributed by atoms with Gasteiger partial charge < -0.3 is 0 Å². The topological polar surface area (TPSA) is 43.4 Å². The molecule has 0 N–H and O–H groups in total. The zero-order chi connectivity index (χ0) is 21.8. The summed E-state index contributed by atoms with van der Waals surface area (Å²) in [5.74, 6) is 0. The van der Waals surface area contributed by atoms with Crippen LogP contribution in [0.15, 0.2) is 0 Å². The van der Waals surface area contributed by atoms with Crippen molar-refractivity contribution in [2.75, 3.05) is 25.2 Å². The molecule has 0 amide bonds. The Morgan fingerprint density at radius 2 is 1.00 bits per heavy atom. The van der Waals surface area contributed by atoms with E-state index in [4.69, 9.17) is 3.97 Å². The van der Waals surface area contributed by atoms with Gasteiger partial charge in [-0.15, -0.1) is 0 Å². The Balaban J connectivity index is 5.65. The van der Waals surface area contributed by atoms with Crippen molar-refractivity contribution < 1.29 is 25.6 Å². The van der Waals surface area contributed by atoms with Gasteiger partial charge in [-0.25, -0.2) is 0 Å². The molecule has 0 aromatic rings. The van der Waals surface area contributed by atoms with Crippen molar-refractivity contribution in [1.82, 2.24) is 0 Å². The van der Waals surface area contributed by atoms with Crippen LogP contribution in [0.4, 0.5) is 13.2 Å². The quantitative estimate of drug-likeness (QED) is 0.130. The van der Waals surface area contributed by atoms with Gasteiger partial charge in [0.1, 0.15) is 0 Å². The minimum absolute atomic E-state index is 0.471. The predicted molar refractivity (Wildman–Crippen MR) is 116 cm³/mol. The number of halogens is 3. The van der Waals surface area contributed by atoms with Crippen molar-refractivity contribution in [2.45, 2.75) is 103 Å². The van der Waals surface area contributed by atoms with Crippen LogP contribution in [0.2, 0.25) is 0 Å². The van der Waals surface area contributed by atoms with Crippen molar-refractivity contribution in [2.24, 2.45) is 0 Å². The number of hydrogen-bond acceptors (Lipinski definition) is 3. The van der Waals surface area contributed by atoms with Gasteiger partial charge in [0.05, 0.1) is 0 Å². The van der Waals surface area contributed by atoms with Crippen molar-refractivity contribution in [3.8, 4) is 0 Å². The molecule has 3 nitrogen and oxygen atoms in total. The van der Waals surface area contributed by atoms with E-state index < -0.39 is 22.5 Å². The summed E-state index contributed by atoms with van der Waals surface area (Å²) in [5.41, 5.74) is -5.36. The third kappa shape index (κ3) is 10.2. The first kappa shape index (κ1) is 28.1. The molecular formula is C20H42F3O3PS. The molecule has 0 saturated carbocycles.